The van der Waals surface area contributed by atoms with Gasteiger partial charge in [0, 0.05) is 24.2 Å². The van der Waals surface area contributed by atoms with Crippen LogP contribution >= 0.6 is 0 Å². The third kappa shape index (κ3) is 4.99. The summed E-state index contributed by atoms with van der Waals surface area (Å²) in [5, 5.41) is 6.15. The van der Waals surface area contributed by atoms with Crippen LogP contribution in [0.5, 0.6) is 5.75 Å². The Morgan fingerprint density at radius 2 is 1.85 bits per heavy atom. The molecule has 1 aliphatic rings. The standard InChI is InChI=1S/C21H26N2O3/c1-15-14-18(8-9-20(15)26-19-10-12-25-13-11-19)22-16(2)21(24)23-17-6-4-3-5-7-17/h3-9,14,16,19,22H,10-13H2,1-2H3,(H,23,24). The van der Waals surface area contributed by atoms with Gasteiger partial charge in [-0.15, -0.1) is 0 Å². The van der Waals surface area contributed by atoms with Crippen molar-refractivity contribution in [3.63, 3.8) is 0 Å². The van der Waals surface area contributed by atoms with Gasteiger partial charge < -0.3 is 20.1 Å². The Hall–Kier alpha value is -2.53. The van der Waals surface area contributed by atoms with E-state index >= 15 is 0 Å². The molecule has 1 saturated heterocycles. The van der Waals surface area contributed by atoms with Crippen LogP contribution in [0.3, 0.4) is 0 Å². The molecule has 1 unspecified atom stereocenters. The molecule has 1 fully saturated rings. The molecule has 1 amide bonds. The van der Waals surface area contributed by atoms with Gasteiger partial charge in [0.1, 0.15) is 17.9 Å². The monoisotopic (exact) mass is 354 g/mol. The predicted octanol–water partition coefficient (Wildman–Crippen LogP) is 3.99. The molecular formula is C21H26N2O3. The average molecular weight is 354 g/mol. The average Bonchev–Trinajstić information content (AvgIpc) is 2.65. The molecule has 2 aromatic carbocycles. The minimum atomic E-state index is -0.350. The van der Waals surface area contributed by atoms with Crippen molar-refractivity contribution in [1.29, 1.82) is 0 Å². The van der Waals surface area contributed by atoms with E-state index in [1.807, 2.05) is 62.4 Å². The molecule has 0 aromatic heterocycles. The van der Waals surface area contributed by atoms with Crippen LogP contribution in [0, 0.1) is 6.92 Å². The molecule has 0 aliphatic carbocycles. The highest BCUT2D eigenvalue weighted by atomic mass is 16.5. The number of para-hydroxylation sites is 1. The van der Waals surface area contributed by atoms with Crippen LogP contribution in [0.25, 0.3) is 0 Å². The molecule has 0 radical (unpaired) electrons. The number of rotatable bonds is 6. The topological polar surface area (TPSA) is 59.6 Å². The molecule has 0 spiro atoms. The van der Waals surface area contributed by atoms with Crippen LogP contribution in [0.2, 0.25) is 0 Å². The van der Waals surface area contributed by atoms with Crippen molar-refractivity contribution in [1.82, 2.24) is 0 Å². The Morgan fingerprint density at radius 3 is 2.54 bits per heavy atom. The van der Waals surface area contributed by atoms with E-state index < -0.39 is 0 Å². The zero-order valence-electron chi connectivity index (χ0n) is 15.3. The highest BCUT2D eigenvalue weighted by Crippen LogP contribution is 2.25. The quantitative estimate of drug-likeness (QED) is 0.823. The normalized spacial score (nSPS) is 15.9. The summed E-state index contributed by atoms with van der Waals surface area (Å²) in [6, 6.07) is 15.0. The first kappa shape index (κ1) is 18.3. The van der Waals surface area contributed by atoms with Gasteiger partial charge in [-0.1, -0.05) is 18.2 Å². The number of ether oxygens (including phenoxy) is 2. The smallest absolute Gasteiger partial charge is 0.246 e. The lowest BCUT2D eigenvalue weighted by molar-refractivity contribution is -0.116. The fraction of sp³-hybridized carbons (Fsp3) is 0.381. The maximum atomic E-state index is 12.3. The summed E-state index contributed by atoms with van der Waals surface area (Å²) in [6.45, 7) is 5.39. The van der Waals surface area contributed by atoms with Gasteiger partial charge in [0.25, 0.3) is 0 Å². The lowest BCUT2D eigenvalue weighted by Crippen LogP contribution is -2.31. The van der Waals surface area contributed by atoms with Crippen molar-refractivity contribution in [3.05, 3.63) is 54.1 Å². The van der Waals surface area contributed by atoms with Crippen LogP contribution < -0.4 is 15.4 Å². The van der Waals surface area contributed by atoms with Gasteiger partial charge in [0.2, 0.25) is 5.91 Å². The van der Waals surface area contributed by atoms with Gasteiger partial charge in [-0.25, -0.2) is 0 Å². The van der Waals surface area contributed by atoms with E-state index in [-0.39, 0.29) is 18.1 Å². The fourth-order valence-electron chi connectivity index (χ4n) is 2.93. The summed E-state index contributed by atoms with van der Waals surface area (Å²) < 4.78 is 11.5. The SMILES string of the molecule is Cc1cc(NC(C)C(=O)Nc2ccccc2)ccc1OC1CCOCC1. The van der Waals surface area contributed by atoms with Crippen LogP contribution in [0.15, 0.2) is 48.5 Å². The number of amides is 1. The Balaban J connectivity index is 1.57. The van der Waals surface area contributed by atoms with E-state index in [0.29, 0.717) is 0 Å². The van der Waals surface area contributed by atoms with Gasteiger partial charge in [-0.3, -0.25) is 4.79 Å². The summed E-state index contributed by atoms with van der Waals surface area (Å²) in [5.74, 6) is 0.820. The van der Waals surface area contributed by atoms with Gasteiger partial charge in [-0.2, -0.15) is 0 Å². The number of carbonyl (C=O) groups excluding carboxylic acids is 1. The van der Waals surface area contributed by atoms with E-state index in [2.05, 4.69) is 10.6 Å². The van der Waals surface area contributed by atoms with E-state index in [1.165, 1.54) is 0 Å². The summed E-state index contributed by atoms with van der Waals surface area (Å²) in [5.41, 5.74) is 2.75. The highest BCUT2D eigenvalue weighted by molar-refractivity contribution is 5.96. The third-order valence-electron chi connectivity index (χ3n) is 4.45. The molecule has 2 aromatic rings. The Kier molecular flexibility index (Phi) is 6.12. The maximum Gasteiger partial charge on any atom is 0.246 e. The highest BCUT2D eigenvalue weighted by Gasteiger charge is 2.17. The Bertz CT molecular complexity index is 727. The van der Waals surface area contributed by atoms with Crippen LogP contribution in [-0.4, -0.2) is 31.3 Å². The van der Waals surface area contributed by atoms with Crippen molar-refractivity contribution in [3.8, 4) is 5.75 Å². The van der Waals surface area contributed by atoms with E-state index in [4.69, 9.17) is 9.47 Å². The third-order valence-corrected chi connectivity index (χ3v) is 4.45. The molecule has 2 N–H and O–H groups in total. The largest absolute Gasteiger partial charge is 0.490 e. The van der Waals surface area contributed by atoms with Crippen molar-refractivity contribution in [2.75, 3.05) is 23.8 Å². The van der Waals surface area contributed by atoms with Gasteiger partial charge in [-0.05, 0) is 49.7 Å². The molecule has 5 heteroatoms. The Labute approximate surface area is 154 Å². The van der Waals surface area contributed by atoms with Gasteiger partial charge >= 0.3 is 0 Å². The summed E-state index contributed by atoms with van der Waals surface area (Å²) in [7, 11) is 0. The van der Waals surface area contributed by atoms with Crippen molar-refractivity contribution >= 4 is 17.3 Å². The predicted molar refractivity (Wildman–Crippen MR) is 104 cm³/mol. The second kappa shape index (κ2) is 8.72. The van der Waals surface area contributed by atoms with E-state index in [0.717, 1.165) is 48.7 Å². The number of hydrogen-bond donors (Lipinski definition) is 2. The fourth-order valence-corrected chi connectivity index (χ4v) is 2.93. The molecule has 1 atom stereocenters. The molecule has 0 bridgehead atoms. The lowest BCUT2D eigenvalue weighted by atomic mass is 10.1. The minimum Gasteiger partial charge on any atom is -0.490 e. The Morgan fingerprint density at radius 1 is 1.12 bits per heavy atom. The zero-order chi connectivity index (χ0) is 18.4. The van der Waals surface area contributed by atoms with Gasteiger partial charge in [0.05, 0.1) is 13.2 Å². The maximum absolute atomic E-state index is 12.3. The molecule has 0 saturated carbocycles. The first-order valence-corrected chi connectivity index (χ1v) is 9.09. The van der Waals surface area contributed by atoms with Crippen molar-refractivity contribution < 1.29 is 14.3 Å². The number of hydrogen-bond acceptors (Lipinski definition) is 4. The summed E-state index contributed by atoms with van der Waals surface area (Å²) in [4.78, 5) is 12.3. The zero-order valence-corrected chi connectivity index (χ0v) is 15.3. The molecule has 1 heterocycles. The number of carbonyl (C=O) groups is 1. The first-order valence-electron chi connectivity index (χ1n) is 9.09. The lowest BCUT2D eigenvalue weighted by Gasteiger charge is -2.24. The molecule has 138 valence electrons. The van der Waals surface area contributed by atoms with E-state index in [1.54, 1.807) is 0 Å². The van der Waals surface area contributed by atoms with Crippen molar-refractivity contribution in [2.45, 2.75) is 38.8 Å². The summed E-state index contributed by atoms with van der Waals surface area (Å²) in [6.07, 6.45) is 2.07. The van der Waals surface area contributed by atoms with E-state index in [9.17, 15) is 4.79 Å². The first-order chi connectivity index (χ1) is 12.6. The molecule has 1 aliphatic heterocycles. The number of benzene rings is 2. The van der Waals surface area contributed by atoms with Crippen molar-refractivity contribution in [2.24, 2.45) is 0 Å². The van der Waals surface area contributed by atoms with Crippen LogP contribution in [0.4, 0.5) is 11.4 Å². The number of anilines is 2. The molecule has 3 rings (SSSR count). The second-order valence-electron chi connectivity index (χ2n) is 6.63. The number of nitrogens with one attached hydrogen (secondary N) is 2. The van der Waals surface area contributed by atoms with Crippen LogP contribution in [0.1, 0.15) is 25.3 Å². The minimum absolute atomic E-state index is 0.0728. The summed E-state index contributed by atoms with van der Waals surface area (Å²) >= 11 is 0. The van der Waals surface area contributed by atoms with Gasteiger partial charge in [0.15, 0.2) is 0 Å². The van der Waals surface area contributed by atoms with Crippen LogP contribution in [-0.2, 0) is 9.53 Å². The number of aryl methyl sites for hydroxylation is 1. The molecule has 5 nitrogen and oxygen atoms in total. The second-order valence-corrected chi connectivity index (χ2v) is 6.63. The molecular weight excluding hydrogens is 328 g/mol. The molecule has 26 heavy (non-hydrogen) atoms.